The zero-order valence-electron chi connectivity index (χ0n) is 10.2. The van der Waals surface area contributed by atoms with E-state index in [1.807, 2.05) is 0 Å². The van der Waals surface area contributed by atoms with Gasteiger partial charge in [0.15, 0.2) is 0 Å². The second kappa shape index (κ2) is 5.24. The molecule has 1 aromatic carbocycles. The summed E-state index contributed by atoms with van der Waals surface area (Å²) >= 11 is 0. The summed E-state index contributed by atoms with van der Waals surface area (Å²) in [6, 6.07) is 4.90. The summed E-state index contributed by atoms with van der Waals surface area (Å²) in [4.78, 5) is 10.0. The number of rotatable bonds is 3. The van der Waals surface area contributed by atoms with Crippen LogP contribution in [0.3, 0.4) is 0 Å². The zero-order valence-corrected chi connectivity index (χ0v) is 11.0. The molecule has 1 atom stereocenters. The van der Waals surface area contributed by atoms with Gasteiger partial charge in [0.1, 0.15) is 0 Å². The largest absolute Gasteiger partial charge is 0.327 e. The molecule has 1 saturated heterocycles. The number of piperidine rings is 1. The maximum Gasteiger partial charge on any atom is 0.270 e. The molecule has 7 nitrogen and oxygen atoms in total. The molecular formula is C11H15N3O4S. The minimum absolute atomic E-state index is 0.0594. The van der Waals surface area contributed by atoms with E-state index in [1.165, 1.54) is 22.5 Å². The number of sulfonamides is 1. The summed E-state index contributed by atoms with van der Waals surface area (Å²) in [5, 5.41) is 10.7. The van der Waals surface area contributed by atoms with Gasteiger partial charge in [0.2, 0.25) is 10.0 Å². The average molecular weight is 285 g/mol. The minimum atomic E-state index is -3.70. The van der Waals surface area contributed by atoms with Crippen molar-refractivity contribution in [1.29, 1.82) is 0 Å². The molecule has 0 aliphatic carbocycles. The Morgan fingerprint density at radius 3 is 2.79 bits per heavy atom. The number of hydrogen-bond acceptors (Lipinski definition) is 5. The van der Waals surface area contributed by atoms with Gasteiger partial charge >= 0.3 is 0 Å². The van der Waals surface area contributed by atoms with Gasteiger partial charge in [-0.2, -0.15) is 4.31 Å². The molecule has 1 aliphatic heterocycles. The van der Waals surface area contributed by atoms with Crippen LogP contribution in [0.2, 0.25) is 0 Å². The highest BCUT2D eigenvalue weighted by molar-refractivity contribution is 7.89. The molecule has 2 N–H and O–H groups in total. The van der Waals surface area contributed by atoms with E-state index in [0.717, 1.165) is 12.5 Å². The molecule has 1 heterocycles. The maximum absolute atomic E-state index is 12.4. The van der Waals surface area contributed by atoms with Gasteiger partial charge in [-0.3, -0.25) is 10.1 Å². The van der Waals surface area contributed by atoms with Gasteiger partial charge in [0, 0.05) is 31.3 Å². The maximum atomic E-state index is 12.4. The van der Waals surface area contributed by atoms with Crippen LogP contribution in [0.1, 0.15) is 12.8 Å². The molecule has 0 spiro atoms. The number of nitrogens with zero attached hydrogens (tertiary/aromatic N) is 2. The summed E-state index contributed by atoms with van der Waals surface area (Å²) < 4.78 is 26.0. The van der Waals surface area contributed by atoms with E-state index >= 15 is 0 Å². The highest BCUT2D eigenvalue weighted by Crippen LogP contribution is 2.23. The molecule has 1 aliphatic rings. The second-order valence-electron chi connectivity index (χ2n) is 4.52. The standard InChI is InChI=1S/C11H15N3O4S/c12-9-3-2-6-13(8-9)19(17,18)11-5-1-4-10(7-11)14(15)16/h1,4-5,7,9H,2-3,6,8,12H2/t9-/m1/s1. The van der Waals surface area contributed by atoms with Crippen molar-refractivity contribution < 1.29 is 13.3 Å². The normalized spacial score (nSPS) is 21.2. The van der Waals surface area contributed by atoms with Crippen molar-refractivity contribution in [2.24, 2.45) is 5.73 Å². The Balaban J connectivity index is 2.33. The van der Waals surface area contributed by atoms with Crippen LogP contribution >= 0.6 is 0 Å². The van der Waals surface area contributed by atoms with Crippen LogP contribution in [0, 0.1) is 10.1 Å². The van der Waals surface area contributed by atoms with E-state index < -0.39 is 14.9 Å². The Kier molecular flexibility index (Phi) is 3.83. The number of nitrogens with two attached hydrogens (primary N) is 1. The fourth-order valence-electron chi connectivity index (χ4n) is 2.10. The molecule has 19 heavy (non-hydrogen) atoms. The monoisotopic (exact) mass is 285 g/mol. The molecular weight excluding hydrogens is 270 g/mol. The SMILES string of the molecule is N[C@@H]1CCCN(S(=O)(=O)c2cccc([N+](=O)[O-])c2)C1. The smallest absolute Gasteiger partial charge is 0.270 e. The first-order valence-corrected chi connectivity index (χ1v) is 7.35. The number of non-ortho nitro benzene ring substituents is 1. The summed E-state index contributed by atoms with van der Waals surface area (Å²) in [5.41, 5.74) is 5.53. The summed E-state index contributed by atoms with van der Waals surface area (Å²) in [5.74, 6) is 0. The molecule has 8 heteroatoms. The molecule has 0 amide bonds. The summed E-state index contributed by atoms with van der Waals surface area (Å²) in [6.07, 6.45) is 1.50. The zero-order chi connectivity index (χ0) is 14.0. The third-order valence-corrected chi connectivity index (χ3v) is 4.95. The van der Waals surface area contributed by atoms with Gasteiger partial charge in [-0.1, -0.05) is 6.07 Å². The predicted octanol–water partition coefficient (Wildman–Crippen LogP) is 0.707. The summed E-state index contributed by atoms with van der Waals surface area (Å²) in [7, 11) is -3.70. The molecule has 0 saturated carbocycles. The van der Waals surface area contributed by atoms with Crippen molar-refractivity contribution in [2.45, 2.75) is 23.8 Å². The Morgan fingerprint density at radius 1 is 1.42 bits per heavy atom. The van der Waals surface area contributed by atoms with Gasteiger partial charge in [-0.15, -0.1) is 0 Å². The molecule has 0 radical (unpaired) electrons. The van der Waals surface area contributed by atoms with Crippen molar-refractivity contribution in [3.05, 3.63) is 34.4 Å². The van der Waals surface area contributed by atoms with Gasteiger partial charge < -0.3 is 5.73 Å². The van der Waals surface area contributed by atoms with Crippen LogP contribution in [0.25, 0.3) is 0 Å². The van der Waals surface area contributed by atoms with Crippen LogP contribution in [0.4, 0.5) is 5.69 Å². The summed E-state index contributed by atoms with van der Waals surface area (Å²) in [6.45, 7) is 0.656. The highest BCUT2D eigenvalue weighted by Gasteiger charge is 2.29. The molecule has 1 fully saturated rings. The lowest BCUT2D eigenvalue weighted by atomic mass is 10.1. The van der Waals surface area contributed by atoms with Crippen LogP contribution in [0.5, 0.6) is 0 Å². The molecule has 2 rings (SSSR count). The minimum Gasteiger partial charge on any atom is -0.327 e. The van der Waals surface area contributed by atoms with Gasteiger partial charge in [-0.05, 0) is 18.9 Å². The fourth-order valence-corrected chi connectivity index (χ4v) is 3.67. The van der Waals surface area contributed by atoms with Gasteiger partial charge in [0.05, 0.1) is 9.82 Å². The van der Waals surface area contributed by atoms with E-state index in [1.54, 1.807) is 0 Å². The lowest BCUT2D eigenvalue weighted by molar-refractivity contribution is -0.385. The Morgan fingerprint density at radius 2 is 2.16 bits per heavy atom. The van der Waals surface area contributed by atoms with Crippen LogP contribution in [0.15, 0.2) is 29.2 Å². The molecule has 0 bridgehead atoms. The topological polar surface area (TPSA) is 107 Å². The number of benzene rings is 1. The third kappa shape index (κ3) is 2.91. The third-order valence-electron chi connectivity index (χ3n) is 3.09. The van der Waals surface area contributed by atoms with Gasteiger partial charge in [0.25, 0.3) is 5.69 Å². The van der Waals surface area contributed by atoms with Crippen molar-refractivity contribution >= 4 is 15.7 Å². The molecule has 104 valence electrons. The highest BCUT2D eigenvalue weighted by atomic mass is 32.2. The van der Waals surface area contributed by atoms with E-state index in [9.17, 15) is 18.5 Å². The lowest BCUT2D eigenvalue weighted by Gasteiger charge is -2.29. The lowest BCUT2D eigenvalue weighted by Crippen LogP contribution is -2.45. The van der Waals surface area contributed by atoms with Crippen LogP contribution in [-0.4, -0.2) is 36.8 Å². The Hall–Kier alpha value is -1.51. The average Bonchev–Trinajstić information content (AvgIpc) is 2.39. The van der Waals surface area contributed by atoms with E-state index in [-0.39, 0.29) is 23.2 Å². The number of hydrogen-bond donors (Lipinski definition) is 1. The first kappa shape index (κ1) is 13.9. The van der Waals surface area contributed by atoms with Crippen LogP contribution < -0.4 is 5.73 Å². The van der Waals surface area contributed by atoms with Gasteiger partial charge in [-0.25, -0.2) is 8.42 Å². The molecule has 1 aromatic rings. The van der Waals surface area contributed by atoms with Crippen molar-refractivity contribution in [1.82, 2.24) is 4.31 Å². The Labute approximate surface area is 111 Å². The van der Waals surface area contributed by atoms with E-state index in [0.29, 0.717) is 13.0 Å². The second-order valence-corrected chi connectivity index (χ2v) is 6.46. The van der Waals surface area contributed by atoms with Crippen molar-refractivity contribution in [3.8, 4) is 0 Å². The Bertz CT molecular complexity index is 587. The fraction of sp³-hybridized carbons (Fsp3) is 0.455. The van der Waals surface area contributed by atoms with Crippen molar-refractivity contribution in [2.75, 3.05) is 13.1 Å². The number of nitro groups is 1. The number of nitro benzene ring substituents is 1. The predicted molar refractivity (Wildman–Crippen MR) is 69.1 cm³/mol. The van der Waals surface area contributed by atoms with Crippen LogP contribution in [-0.2, 0) is 10.0 Å². The first-order valence-electron chi connectivity index (χ1n) is 5.91. The quantitative estimate of drug-likeness (QED) is 0.650. The first-order chi connectivity index (χ1) is 8.91. The van der Waals surface area contributed by atoms with E-state index in [2.05, 4.69) is 0 Å². The molecule has 0 aromatic heterocycles. The van der Waals surface area contributed by atoms with E-state index in [4.69, 9.17) is 5.73 Å². The van der Waals surface area contributed by atoms with Crippen molar-refractivity contribution in [3.63, 3.8) is 0 Å². The molecule has 0 unspecified atom stereocenters.